The molecule has 32 heavy (non-hydrogen) atoms. The van der Waals surface area contributed by atoms with E-state index in [0.29, 0.717) is 22.3 Å². The van der Waals surface area contributed by atoms with Crippen LogP contribution in [0.25, 0.3) is 33.2 Å². The molecule has 0 atom stereocenters. The van der Waals surface area contributed by atoms with Crippen molar-refractivity contribution >= 4 is 34.0 Å². The van der Waals surface area contributed by atoms with Crippen molar-refractivity contribution in [3.63, 3.8) is 0 Å². The summed E-state index contributed by atoms with van der Waals surface area (Å²) in [6.45, 7) is -0.166. The number of para-hydroxylation sites is 2. The van der Waals surface area contributed by atoms with E-state index < -0.39 is 5.97 Å². The van der Waals surface area contributed by atoms with E-state index >= 15 is 0 Å². The van der Waals surface area contributed by atoms with Gasteiger partial charge < -0.3 is 9.67 Å². The Labute approximate surface area is 182 Å². The molecule has 0 amide bonds. The van der Waals surface area contributed by atoms with Crippen LogP contribution >= 0.6 is 0 Å². The lowest BCUT2D eigenvalue weighted by Crippen LogP contribution is -2.20. The summed E-state index contributed by atoms with van der Waals surface area (Å²) in [7, 11) is 0. The number of benzene rings is 3. The van der Waals surface area contributed by atoms with Crippen LogP contribution in [-0.2, 0) is 11.3 Å². The second-order valence-corrected chi connectivity index (χ2v) is 7.30. The number of hydrogen-bond acceptors (Lipinski definition) is 4. The Kier molecular flexibility index (Phi) is 4.84. The Balaban J connectivity index is 1.70. The number of rotatable bonds is 5. The third-order valence-electron chi connectivity index (χ3n) is 5.22. The standard InChI is InChI=1S/C25H18N4O3/c30-23(31)16-28-15-18(19-10-5-7-13-22(19)28)14-26-29-24(17-8-2-1-3-9-17)27-21-12-6-4-11-20(21)25(29)32/h1-15H,16H2,(H,30,31). The molecule has 156 valence electrons. The lowest BCUT2D eigenvalue weighted by Gasteiger charge is -2.09. The first-order valence-electron chi connectivity index (χ1n) is 10.0. The van der Waals surface area contributed by atoms with Crippen LogP contribution in [0, 0.1) is 0 Å². The molecule has 7 nitrogen and oxygen atoms in total. The highest BCUT2D eigenvalue weighted by atomic mass is 16.4. The zero-order chi connectivity index (χ0) is 22.1. The molecule has 7 heteroatoms. The number of carbonyl (C=O) groups is 1. The van der Waals surface area contributed by atoms with Crippen molar-refractivity contribution in [1.82, 2.24) is 14.2 Å². The van der Waals surface area contributed by atoms with Crippen LogP contribution < -0.4 is 5.56 Å². The number of fused-ring (bicyclic) bond motifs is 2. The predicted molar refractivity (Wildman–Crippen MR) is 124 cm³/mol. The van der Waals surface area contributed by atoms with Gasteiger partial charge >= 0.3 is 5.97 Å². The molecule has 3 aromatic carbocycles. The molecule has 5 aromatic rings. The van der Waals surface area contributed by atoms with E-state index in [-0.39, 0.29) is 12.1 Å². The van der Waals surface area contributed by atoms with Crippen molar-refractivity contribution in [1.29, 1.82) is 0 Å². The quantitative estimate of drug-likeness (QED) is 0.434. The SMILES string of the molecule is O=C(O)Cn1cc(C=Nn2c(-c3ccccc3)nc3ccccc3c2=O)c2ccccc21. The molecule has 2 heterocycles. The van der Waals surface area contributed by atoms with Crippen LogP contribution in [0.5, 0.6) is 0 Å². The minimum Gasteiger partial charge on any atom is -0.480 e. The molecular weight excluding hydrogens is 404 g/mol. The fourth-order valence-electron chi connectivity index (χ4n) is 3.78. The molecule has 5 rings (SSSR count). The largest absolute Gasteiger partial charge is 0.480 e. The number of hydrogen-bond donors (Lipinski definition) is 1. The maximum Gasteiger partial charge on any atom is 0.323 e. The molecule has 0 aliphatic rings. The summed E-state index contributed by atoms with van der Waals surface area (Å²) >= 11 is 0. The van der Waals surface area contributed by atoms with Crippen LogP contribution in [0.3, 0.4) is 0 Å². The average Bonchev–Trinajstić information content (AvgIpc) is 3.16. The van der Waals surface area contributed by atoms with Crippen LogP contribution in [0.4, 0.5) is 0 Å². The summed E-state index contributed by atoms with van der Waals surface area (Å²) in [5.41, 5.74) is 2.58. The van der Waals surface area contributed by atoms with Crippen LogP contribution in [0.2, 0.25) is 0 Å². The highest BCUT2D eigenvalue weighted by Crippen LogP contribution is 2.21. The maximum atomic E-state index is 13.3. The van der Waals surface area contributed by atoms with E-state index in [4.69, 9.17) is 4.98 Å². The molecule has 2 aromatic heterocycles. The Morgan fingerprint density at radius 3 is 2.41 bits per heavy atom. The van der Waals surface area contributed by atoms with Crippen molar-refractivity contribution in [3.8, 4) is 11.4 Å². The minimum atomic E-state index is -0.935. The van der Waals surface area contributed by atoms with E-state index in [1.165, 1.54) is 4.68 Å². The smallest absolute Gasteiger partial charge is 0.323 e. The van der Waals surface area contributed by atoms with Gasteiger partial charge in [-0.25, -0.2) is 4.98 Å². The molecule has 0 bridgehead atoms. The van der Waals surface area contributed by atoms with Gasteiger partial charge in [-0.3, -0.25) is 9.59 Å². The first-order chi connectivity index (χ1) is 15.6. The average molecular weight is 422 g/mol. The Hall–Kier alpha value is -4.52. The van der Waals surface area contributed by atoms with Crippen molar-refractivity contribution in [3.05, 3.63) is 101 Å². The summed E-state index contributed by atoms with van der Waals surface area (Å²) in [6.07, 6.45) is 3.30. The zero-order valence-corrected chi connectivity index (χ0v) is 16.9. The van der Waals surface area contributed by atoms with Gasteiger partial charge in [-0.15, -0.1) is 0 Å². The van der Waals surface area contributed by atoms with Gasteiger partial charge in [0.25, 0.3) is 5.56 Å². The van der Waals surface area contributed by atoms with E-state index in [2.05, 4.69) is 5.10 Å². The predicted octanol–water partition coefficient (Wildman–Crippen LogP) is 3.99. The van der Waals surface area contributed by atoms with Gasteiger partial charge in [0.2, 0.25) is 0 Å². The third kappa shape index (κ3) is 3.45. The number of carboxylic acid groups (broad SMARTS) is 1. The summed E-state index contributed by atoms with van der Waals surface area (Å²) in [5.74, 6) is -0.504. The Bertz CT molecular complexity index is 1550. The van der Waals surface area contributed by atoms with Crippen molar-refractivity contribution < 1.29 is 9.90 Å². The van der Waals surface area contributed by atoms with E-state index in [0.717, 1.165) is 16.5 Å². The summed E-state index contributed by atoms with van der Waals surface area (Å²) in [6, 6.07) is 24.1. The molecule has 0 spiro atoms. The Morgan fingerprint density at radius 1 is 0.938 bits per heavy atom. The van der Waals surface area contributed by atoms with Gasteiger partial charge in [-0.1, -0.05) is 60.7 Å². The number of nitrogens with zero attached hydrogens (tertiary/aromatic N) is 4. The topological polar surface area (TPSA) is 89.5 Å². The zero-order valence-electron chi connectivity index (χ0n) is 16.9. The Morgan fingerprint density at radius 2 is 1.62 bits per heavy atom. The first-order valence-corrected chi connectivity index (χ1v) is 10.0. The lowest BCUT2D eigenvalue weighted by molar-refractivity contribution is -0.137. The summed E-state index contributed by atoms with van der Waals surface area (Å²) in [4.78, 5) is 29.2. The monoisotopic (exact) mass is 422 g/mol. The molecule has 0 aliphatic heterocycles. The fourth-order valence-corrected chi connectivity index (χ4v) is 3.78. The molecule has 0 saturated heterocycles. The van der Waals surface area contributed by atoms with Gasteiger partial charge in [-0.05, 0) is 18.2 Å². The maximum absolute atomic E-state index is 13.3. The van der Waals surface area contributed by atoms with Crippen LogP contribution in [0.15, 0.2) is 95.0 Å². The molecule has 0 fully saturated rings. The number of carboxylic acids is 1. The van der Waals surface area contributed by atoms with Crippen molar-refractivity contribution in [2.24, 2.45) is 5.10 Å². The van der Waals surface area contributed by atoms with E-state index in [9.17, 15) is 14.7 Å². The molecule has 0 unspecified atom stereocenters. The van der Waals surface area contributed by atoms with E-state index in [1.54, 1.807) is 35.2 Å². The number of aliphatic carboxylic acids is 1. The second kappa shape index (κ2) is 7.96. The summed E-state index contributed by atoms with van der Waals surface area (Å²) < 4.78 is 2.94. The minimum absolute atomic E-state index is 0.166. The van der Waals surface area contributed by atoms with Gasteiger partial charge in [0.1, 0.15) is 6.54 Å². The van der Waals surface area contributed by atoms with E-state index in [1.807, 2.05) is 60.7 Å². The molecule has 1 N–H and O–H groups in total. The molecular formula is C25H18N4O3. The lowest BCUT2D eigenvalue weighted by atomic mass is 10.2. The molecule has 0 saturated carbocycles. The highest BCUT2D eigenvalue weighted by molar-refractivity contribution is 5.99. The van der Waals surface area contributed by atoms with Gasteiger partial charge in [0, 0.05) is 28.2 Å². The van der Waals surface area contributed by atoms with Crippen LogP contribution in [0.1, 0.15) is 5.56 Å². The fraction of sp³-hybridized carbons (Fsp3) is 0.0400. The third-order valence-corrected chi connectivity index (χ3v) is 5.22. The second-order valence-electron chi connectivity index (χ2n) is 7.30. The first kappa shape index (κ1) is 19.4. The number of aromatic nitrogens is 3. The van der Waals surface area contributed by atoms with Gasteiger partial charge in [-0.2, -0.15) is 9.78 Å². The highest BCUT2D eigenvalue weighted by Gasteiger charge is 2.13. The normalized spacial score (nSPS) is 11.5. The van der Waals surface area contributed by atoms with Gasteiger partial charge in [0.05, 0.1) is 17.1 Å². The molecule has 0 aliphatic carbocycles. The van der Waals surface area contributed by atoms with Crippen molar-refractivity contribution in [2.45, 2.75) is 6.54 Å². The molecule has 0 radical (unpaired) electrons. The summed E-state index contributed by atoms with van der Waals surface area (Å²) in [5, 5.41) is 15.1. The van der Waals surface area contributed by atoms with Gasteiger partial charge in [0.15, 0.2) is 5.82 Å². The van der Waals surface area contributed by atoms with Crippen molar-refractivity contribution in [2.75, 3.05) is 0 Å². The van der Waals surface area contributed by atoms with Crippen LogP contribution in [-0.4, -0.2) is 31.5 Å².